The minimum atomic E-state index is -4.12. The number of hydrogen-bond acceptors (Lipinski definition) is 8. The first kappa shape index (κ1) is 30.0. The van der Waals surface area contributed by atoms with Crippen molar-refractivity contribution in [1.29, 1.82) is 0 Å². The number of amides is 1. The highest BCUT2D eigenvalue weighted by molar-refractivity contribution is 7.92. The molecule has 42 heavy (non-hydrogen) atoms. The number of carbonyl (C=O) groups excluding carboxylic acids is 1. The summed E-state index contributed by atoms with van der Waals surface area (Å²) in [6, 6.07) is 24.8. The van der Waals surface area contributed by atoms with Gasteiger partial charge in [0, 0.05) is 17.2 Å². The smallest absolute Gasteiger partial charge is 0.269 e. The first-order valence-electron chi connectivity index (χ1n) is 12.4. The van der Waals surface area contributed by atoms with Crippen molar-refractivity contribution in [3.8, 4) is 11.5 Å². The molecule has 0 fully saturated rings. The van der Waals surface area contributed by atoms with Crippen LogP contribution in [0.25, 0.3) is 0 Å². The third-order valence-electron chi connectivity index (χ3n) is 5.88. The molecule has 216 valence electrons. The van der Waals surface area contributed by atoms with Gasteiger partial charge in [-0.2, -0.15) is 5.10 Å². The van der Waals surface area contributed by atoms with Crippen LogP contribution in [-0.4, -0.2) is 39.1 Å². The van der Waals surface area contributed by atoms with Gasteiger partial charge < -0.3 is 9.47 Å². The maximum absolute atomic E-state index is 13.5. The van der Waals surface area contributed by atoms with E-state index in [9.17, 15) is 23.3 Å². The summed E-state index contributed by atoms with van der Waals surface area (Å²) >= 11 is 5.97. The summed E-state index contributed by atoms with van der Waals surface area (Å²) in [6.07, 6.45) is 1.41. The number of methoxy groups -OCH3 is 1. The summed E-state index contributed by atoms with van der Waals surface area (Å²) in [4.78, 5) is 23.0. The molecular formula is C29H25ClN4O7S. The summed E-state index contributed by atoms with van der Waals surface area (Å²) in [7, 11) is -2.65. The van der Waals surface area contributed by atoms with Gasteiger partial charge in [0.15, 0.2) is 0 Å². The van der Waals surface area contributed by atoms with E-state index < -0.39 is 27.4 Å². The average Bonchev–Trinajstić information content (AvgIpc) is 3.00. The lowest BCUT2D eigenvalue weighted by Gasteiger charge is -2.23. The van der Waals surface area contributed by atoms with E-state index in [1.807, 2.05) is 0 Å². The van der Waals surface area contributed by atoms with Crippen molar-refractivity contribution in [3.05, 3.63) is 123 Å². The number of nitrogens with zero attached hydrogens (tertiary/aromatic N) is 3. The standard InChI is InChI=1S/C29H25ClN4O7S/c1-40-26-14-16-28(17-15-26)42(38,39)33(24-10-6-23(30)7-11-24)19-29(35)32-31-18-21-4-12-27(13-5-21)41-20-22-2-8-25(9-3-22)34(36)37/h2-18H,19-20H2,1H3,(H,32,35)/b31-18-. The Bertz CT molecular complexity index is 1660. The van der Waals surface area contributed by atoms with Gasteiger partial charge in [-0.25, -0.2) is 13.8 Å². The second kappa shape index (κ2) is 13.6. The number of nitro benzene ring substituents is 1. The van der Waals surface area contributed by atoms with Crippen LogP contribution in [0.3, 0.4) is 0 Å². The highest BCUT2D eigenvalue weighted by Crippen LogP contribution is 2.26. The van der Waals surface area contributed by atoms with Gasteiger partial charge in [-0.1, -0.05) is 11.6 Å². The lowest BCUT2D eigenvalue weighted by atomic mass is 10.2. The number of hydrazone groups is 1. The number of halogens is 1. The Kier molecular flexibility index (Phi) is 9.73. The van der Waals surface area contributed by atoms with Crippen LogP contribution in [0.1, 0.15) is 11.1 Å². The van der Waals surface area contributed by atoms with Crippen molar-refractivity contribution in [2.45, 2.75) is 11.5 Å². The van der Waals surface area contributed by atoms with Crippen molar-refractivity contribution >= 4 is 45.1 Å². The molecule has 0 saturated heterocycles. The number of anilines is 1. The number of benzene rings is 4. The minimum absolute atomic E-state index is 0.00559. The van der Waals surface area contributed by atoms with E-state index in [4.69, 9.17) is 21.1 Å². The minimum Gasteiger partial charge on any atom is -0.497 e. The molecule has 4 aromatic carbocycles. The molecule has 0 bridgehead atoms. The highest BCUT2D eigenvalue weighted by atomic mass is 35.5. The predicted octanol–water partition coefficient (Wildman–Crippen LogP) is 5.18. The first-order chi connectivity index (χ1) is 20.2. The molecule has 1 amide bonds. The van der Waals surface area contributed by atoms with Crippen molar-refractivity contribution in [2.24, 2.45) is 5.10 Å². The Labute approximate surface area is 247 Å². The molecule has 4 rings (SSSR count). The maximum atomic E-state index is 13.5. The molecule has 1 N–H and O–H groups in total. The third-order valence-corrected chi connectivity index (χ3v) is 7.92. The van der Waals surface area contributed by atoms with Gasteiger partial charge in [-0.05, 0) is 96.1 Å². The Morgan fingerprint density at radius 2 is 1.57 bits per heavy atom. The monoisotopic (exact) mass is 608 g/mol. The summed E-state index contributed by atoms with van der Waals surface area (Å²) in [5.41, 5.74) is 4.04. The molecule has 0 atom stereocenters. The lowest BCUT2D eigenvalue weighted by Crippen LogP contribution is -2.39. The van der Waals surface area contributed by atoms with Crippen molar-refractivity contribution in [1.82, 2.24) is 5.43 Å². The van der Waals surface area contributed by atoms with Crippen molar-refractivity contribution < 1.29 is 27.6 Å². The molecule has 0 heterocycles. The molecule has 0 spiro atoms. The second-order valence-electron chi connectivity index (χ2n) is 8.74. The molecule has 13 heteroatoms. The molecule has 11 nitrogen and oxygen atoms in total. The van der Waals surface area contributed by atoms with Crippen molar-refractivity contribution in [2.75, 3.05) is 18.0 Å². The number of ether oxygens (including phenoxy) is 2. The fourth-order valence-corrected chi connectivity index (χ4v) is 5.22. The van der Waals surface area contributed by atoms with Gasteiger partial charge in [-0.15, -0.1) is 0 Å². The maximum Gasteiger partial charge on any atom is 0.269 e. The molecule has 0 saturated carbocycles. The Morgan fingerprint density at radius 1 is 0.952 bits per heavy atom. The fourth-order valence-electron chi connectivity index (χ4n) is 3.67. The highest BCUT2D eigenvalue weighted by Gasteiger charge is 2.27. The van der Waals surface area contributed by atoms with E-state index in [-0.39, 0.29) is 22.9 Å². The number of hydrogen-bond donors (Lipinski definition) is 1. The quantitative estimate of drug-likeness (QED) is 0.133. The van der Waals surface area contributed by atoms with E-state index in [0.29, 0.717) is 22.1 Å². The molecule has 0 aliphatic heterocycles. The van der Waals surface area contributed by atoms with E-state index in [0.717, 1.165) is 9.87 Å². The molecule has 0 unspecified atom stereocenters. The fraction of sp³-hybridized carbons (Fsp3) is 0.103. The zero-order valence-corrected chi connectivity index (χ0v) is 23.8. The zero-order chi connectivity index (χ0) is 30.1. The molecular weight excluding hydrogens is 584 g/mol. The van der Waals surface area contributed by atoms with Gasteiger partial charge in [0.2, 0.25) is 0 Å². The van der Waals surface area contributed by atoms with Crippen LogP contribution in [0.2, 0.25) is 5.02 Å². The van der Waals surface area contributed by atoms with Gasteiger partial charge in [-0.3, -0.25) is 19.2 Å². The Balaban J connectivity index is 1.38. The largest absolute Gasteiger partial charge is 0.497 e. The average molecular weight is 609 g/mol. The van der Waals surface area contributed by atoms with E-state index in [1.165, 1.54) is 74.0 Å². The molecule has 0 aromatic heterocycles. The van der Waals surface area contributed by atoms with Crippen LogP contribution in [0.4, 0.5) is 11.4 Å². The van der Waals surface area contributed by atoms with Crippen LogP contribution in [-0.2, 0) is 21.4 Å². The van der Waals surface area contributed by atoms with Crippen LogP contribution in [0.5, 0.6) is 11.5 Å². The Morgan fingerprint density at radius 3 is 2.17 bits per heavy atom. The van der Waals surface area contributed by atoms with E-state index in [2.05, 4.69) is 10.5 Å². The normalized spacial score (nSPS) is 11.2. The number of nitrogens with one attached hydrogen (secondary N) is 1. The Hall–Kier alpha value is -4.94. The summed E-state index contributed by atoms with van der Waals surface area (Å²) in [5.74, 6) is 0.390. The first-order valence-corrected chi connectivity index (χ1v) is 14.2. The van der Waals surface area contributed by atoms with Gasteiger partial charge >= 0.3 is 0 Å². The van der Waals surface area contributed by atoms with Gasteiger partial charge in [0.1, 0.15) is 24.7 Å². The van der Waals surface area contributed by atoms with Gasteiger partial charge in [0.25, 0.3) is 21.6 Å². The molecule has 0 radical (unpaired) electrons. The van der Waals surface area contributed by atoms with Crippen molar-refractivity contribution in [3.63, 3.8) is 0 Å². The summed E-state index contributed by atoms with van der Waals surface area (Å²) in [5, 5.41) is 15.1. The van der Waals surface area contributed by atoms with Crippen LogP contribution >= 0.6 is 11.6 Å². The summed E-state index contributed by atoms with van der Waals surface area (Å²) in [6.45, 7) is -0.312. The number of carbonyl (C=O) groups is 1. The molecule has 0 aliphatic carbocycles. The third kappa shape index (κ3) is 7.83. The van der Waals surface area contributed by atoms with Gasteiger partial charge in [0.05, 0.1) is 28.8 Å². The topological polar surface area (TPSA) is 140 Å². The zero-order valence-electron chi connectivity index (χ0n) is 22.2. The molecule has 4 aromatic rings. The van der Waals surface area contributed by atoms with Crippen LogP contribution in [0, 0.1) is 10.1 Å². The predicted molar refractivity (Wildman–Crippen MR) is 159 cm³/mol. The number of sulfonamides is 1. The number of nitro groups is 1. The number of rotatable bonds is 12. The molecule has 0 aliphatic rings. The SMILES string of the molecule is COc1ccc(S(=O)(=O)N(CC(=O)N/N=C\c2ccc(OCc3ccc([N+](=O)[O-])cc3)cc2)c2ccc(Cl)cc2)cc1. The van der Waals surface area contributed by atoms with E-state index >= 15 is 0 Å². The van der Waals surface area contributed by atoms with Crippen LogP contribution < -0.4 is 19.2 Å². The lowest BCUT2D eigenvalue weighted by molar-refractivity contribution is -0.384. The number of non-ortho nitro benzene ring substituents is 1. The summed E-state index contributed by atoms with van der Waals surface area (Å²) < 4.78 is 38.7. The van der Waals surface area contributed by atoms with E-state index in [1.54, 1.807) is 36.4 Å². The van der Waals surface area contributed by atoms with Crippen LogP contribution in [0.15, 0.2) is 107 Å². The second-order valence-corrected chi connectivity index (χ2v) is 11.0.